The molecule has 2 aromatic carbocycles. The molecule has 1 amide bonds. The van der Waals surface area contributed by atoms with Crippen LogP contribution in [-0.2, 0) is 21.4 Å². The first-order valence-corrected chi connectivity index (χ1v) is 12.4. The zero-order valence-electron chi connectivity index (χ0n) is 18.5. The van der Waals surface area contributed by atoms with E-state index in [1.165, 1.54) is 10.4 Å². The lowest BCUT2D eigenvalue weighted by molar-refractivity contribution is -0.120. The highest BCUT2D eigenvalue weighted by Crippen LogP contribution is 2.25. The fraction of sp³-hybridized carbons (Fsp3) is 0.280. The summed E-state index contributed by atoms with van der Waals surface area (Å²) in [5.74, 6) is -0.341. The number of hydrogen-bond donors (Lipinski definition) is 1. The van der Waals surface area contributed by atoms with Crippen molar-refractivity contribution in [3.8, 4) is 0 Å². The Balaban J connectivity index is 1.32. The lowest BCUT2D eigenvalue weighted by Gasteiger charge is -2.30. The first kappa shape index (κ1) is 22.9. The molecule has 1 aromatic heterocycles. The topological polar surface area (TPSA) is 88.5 Å². The summed E-state index contributed by atoms with van der Waals surface area (Å²) in [6, 6.07) is 19.3. The number of nitrogens with zero attached hydrogens (tertiary/aromatic N) is 2. The Kier molecular flexibility index (Phi) is 6.76. The first-order chi connectivity index (χ1) is 15.8. The van der Waals surface area contributed by atoms with E-state index in [0.29, 0.717) is 38.2 Å². The maximum atomic E-state index is 12.9. The lowest BCUT2D eigenvalue weighted by atomic mass is 9.97. The molecule has 7 nitrogen and oxygen atoms in total. The van der Waals surface area contributed by atoms with Gasteiger partial charge in [-0.2, -0.15) is 4.31 Å². The van der Waals surface area contributed by atoms with Crippen molar-refractivity contribution in [2.75, 3.05) is 18.4 Å². The van der Waals surface area contributed by atoms with Gasteiger partial charge in [-0.3, -0.25) is 9.59 Å². The monoisotopic (exact) mass is 465 g/mol. The Hall–Kier alpha value is -3.23. The number of aryl methyl sites for hydroxylation is 1. The minimum Gasteiger partial charge on any atom is -0.326 e. The van der Waals surface area contributed by atoms with Crippen molar-refractivity contribution in [2.45, 2.75) is 31.2 Å². The molecule has 1 saturated heterocycles. The Morgan fingerprint density at radius 2 is 1.64 bits per heavy atom. The molecule has 1 aliphatic heterocycles. The third-order valence-electron chi connectivity index (χ3n) is 5.96. The van der Waals surface area contributed by atoms with Crippen LogP contribution in [0.3, 0.4) is 0 Å². The third kappa shape index (κ3) is 5.40. The molecule has 0 aliphatic carbocycles. The Morgan fingerprint density at radius 1 is 0.970 bits per heavy atom. The van der Waals surface area contributed by atoms with Crippen molar-refractivity contribution in [3.63, 3.8) is 0 Å². The van der Waals surface area contributed by atoms with Crippen LogP contribution in [0.1, 0.15) is 24.0 Å². The fourth-order valence-electron chi connectivity index (χ4n) is 3.94. The molecule has 172 valence electrons. The number of carbonyl (C=O) groups excluding carboxylic acids is 1. The summed E-state index contributed by atoms with van der Waals surface area (Å²) in [5.41, 5.74) is 2.58. The van der Waals surface area contributed by atoms with Gasteiger partial charge in [-0.1, -0.05) is 35.9 Å². The number of sulfonamides is 1. The molecule has 3 aromatic rings. The summed E-state index contributed by atoms with van der Waals surface area (Å²) in [5, 5.41) is 2.93. The number of carbonyl (C=O) groups is 1. The normalized spacial score (nSPS) is 15.3. The number of anilines is 1. The quantitative estimate of drug-likeness (QED) is 0.605. The highest BCUT2D eigenvalue weighted by Gasteiger charge is 2.32. The van der Waals surface area contributed by atoms with E-state index in [0.717, 1.165) is 11.1 Å². The summed E-state index contributed by atoms with van der Waals surface area (Å²) in [7, 11) is -3.54. The summed E-state index contributed by atoms with van der Waals surface area (Å²) < 4.78 is 28.8. The molecule has 4 rings (SSSR count). The van der Waals surface area contributed by atoms with E-state index in [4.69, 9.17) is 0 Å². The van der Waals surface area contributed by atoms with Gasteiger partial charge in [-0.05, 0) is 55.7 Å². The van der Waals surface area contributed by atoms with Crippen molar-refractivity contribution < 1.29 is 13.2 Å². The van der Waals surface area contributed by atoms with Crippen LogP contribution >= 0.6 is 0 Å². The predicted molar refractivity (Wildman–Crippen MR) is 128 cm³/mol. The minimum atomic E-state index is -3.54. The van der Waals surface area contributed by atoms with E-state index < -0.39 is 10.0 Å². The molecule has 0 radical (unpaired) electrons. The van der Waals surface area contributed by atoms with Gasteiger partial charge < -0.3 is 9.88 Å². The number of pyridine rings is 1. The van der Waals surface area contributed by atoms with Crippen LogP contribution in [0, 0.1) is 12.8 Å². The van der Waals surface area contributed by atoms with Crippen LogP contribution in [0.4, 0.5) is 5.69 Å². The zero-order valence-corrected chi connectivity index (χ0v) is 19.3. The summed E-state index contributed by atoms with van der Waals surface area (Å²) >= 11 is 0. The van der Waals surface area contributed by atoms with Crippen LogP contribution in [0.25, 0.3) is 0 Å². The molecular formula is C25H27N3O4S. The summed E-state index contributed by atoms with van der Waals surface area (Å²) in [6.07, 6.45) is 2.70. The van der Waals surface area contributed by atoms with Crippen molar-refractivity contribution in [3.05, 3.63) is 94.4 Å². The summed E-state index contributed by atoms with van der Waals surface area (Å²) in [4.78, 5) is 24.9. The van der Waals surface area contributed by atoms with E-state index in [9.17, 15) is 18.0 Å². The second-order valence-electron chi connectivity index (χ2n) is 8.34. The molecule has 1 fully saturated rings. The molecule has 1 aliphatic rings. The average molecular weight is 466 g/mol. The van der Waals surface area contributed by atoms with Crippen molar-refractivity contribution >= 4 is 21.6 Å². The molecule has 0 atom stereocenters. The van der Waals surface area contributed by atoms with E-state index in [-0.39, 0.29) is 22.3 Å². The van der Waals surface area contributed by atoms with Gasteiger partial charge in [0, 0.05) is 37.0 Å². The van der Waals surface area contributed by atoms with Gasteiger partial charge in [-0.15, -0.1) is 0 Å². The Bertz CT molecular complexity index is 1270. The van der Waals surface area contributed by atoms with E-state index in [1.54, 1.807) is 41.1 Å². The van der Waals surface area contributed by atoms with Crippen molar-refractivity contribution in [2.24, 2.45) is 5.92 Å². The van der Waals surface area contributed by atoms with Crippen LogP contribution in [-0.4, -0.2) is 36.3 Å². The van der Waals surface area contributed by atoms with E-state index in [2.05, 4.69) is 5.32 Å². The maximum Gasteiger partial charge on any atom is 0.250 e. The minimum absolute atomic E-state index is 0.0642. The highest BCUT2D eigenvalue weighted by molar-refractivity contribution is 7.89. The molecule has 0 unspecified atom stereocenters. The van der Waals surface area contributed by atoms with Gasteiger partial charge in [0.15, 0.2) is 0 Å². The number of benzene rings is 2. The van der Waals surface area contributed by atoms with E-state index >= 15 is 0 Å². The second kappa shape index (κ2) is 9.72. The SMILES string of the molecule is Cc1ccc(S(=O)(=O)N2CCC(C(=O)Nc3ccc(Cn4ccccc4=O)cc3)CC2)cc1. The number of amides is 1. The van der Waals surface area contributed by atoms with Crippen LogP contribution in [0.2, 0.25) is 0 Å². The standard InChI is InChI=1S/C25H27N3O4S/c1-19-5-11-23(12-6-19)33(31,32)28-16-13-21(14-17-28)25(30)26-22-9-7-20(8-10-22)18-27-15-3-2-4-24(27)29/h2-12,15,21H,13-14,16-18H2,1H3,(H,26,30). The van der Waals surface area contributed by atoms with Gasteiger partial charge in [0.05, 0.1) is 11.4 Å². The lowest BCUT2D eigenvalue weighted by Crippen LogP contribution is -2.41. The zero-order chi connectivity index (χ0) is 23.4. The van der Waals surface area contributed by atoms with Gasteiger partial charge in [0.25, 0.3) is 5.56 Å². The molecular weight excluding hydrogens is 438 g/mol. The highest BCUT2D eigenvalue weighted by atomic mass is 32.2. The van der Waals surface area contributed by atoms with Gasteiger partial charge in [0.1, 0.15) is 0 Å². The van der Waals surface area contributed by atoms with Gasteiger partial charge in [0.2, 0.25) is 15.9 Å². The van der Waals surface area contributed by atoms with Gasteiger partial charge >= 0.3 is 0 Å². The fourth-order valence-corrected chi connectivity index (χ4v) is 5.41. The number of aromatic nitrogens is 1. The molecule has 8 heteroatoms. The smallest absolute Gasteiger partial charge is 0.250 e. The number of hydrogen-bond acceptors (Lipinski definition) is 4. The van der Waals surface area contributed by atoms with Crippen LogP contribution < -0.4 is 10.9 Å². The van der Waals surface area contributed by atoms with Crippen molar-refractivity contribution in [1.82, 2.24) is 8.87 Å². The first-order valence-electron chi connectivity index (χ1n) is 10.9. The predicted octanol–water partition coefficient (Wildman–Crippen LogP) is 3.24. The molecule has 1 N–H and O–H groups in total. The Morgan fingerprint density at radius 3 is 2.27 bits per heavy atom. The maximum absolute atomic E-state index is 12.9. The number of rotatable bonds is 6. The molecule has 0 bridgehead atoms. The molecule has 0 saturated carbocycles. The molecule has 2 heterocycles. The molecule has 0 spiro atoms. The molecule has 33 heavy (non-hydrogen) atoms. The largest absolute Gasteiger partial charge is 0.326 e. The van der Waals surface area contributed by atoms with E-state index in [1.807, 2.05) is 37.3 Å². The number of piperidine rings is 1. The van der Waals surface area contributed by atoms with Crippen LogP contribution in [0.5, 0.6) is 0 Å². The van der Waals surface area contributed by atoms with Crippen LogP contribution in [0.15, 0.2) is 82.6 Å². The van der Waals surface area contributed by atoms with Gasteiger partial charge in [-0.25, -0.2) is 8.42 Å². The average Bonchev–Trinajstić information content (AvgIpc) is 2.82. The summed E-state index contributed by atoms with van der Waals surface area (Å²) in [6.45, 7) is 3.01. The Labute approximate surface area is 193 Å². The number of nitrogens with one attached hydrogen (secondary N) is 1. The van der Waals surface area contributed by atoms with Crippen molar-refractivity contribution in [1.29, 1.82) is 0 Å². The second-order valence-corrected chi connectivity index (χ2v) is 10.3. The third-order valence-corrected chi connectivity index (χ3v) is 7.87.